The van der Waals surface area contributed by atoms with E-state index in [2.05, 4.69) is 23.7 Å². The summed E-state index contributed by atoms with van der Waals surface area (Å²) >= 11 is 3.29. The largest absolute Gasteiger partial charge is 0.477 e. The van der Waals surface area contributed by atoms with Crippen molar-refractivity contribution >= 4 is 34.2 Å². The number of thioether (sulfide) groups is 1. The van der Waals surface area contributed by atoms with E-state index < -0.39 is 5.97 Å². The van der Waals surface area contributed by atoms with Crippen molar-refractivity contribution in [3.63, 3.8) is 0 Å². The Kier molecular flexibility index (Phi) is 4.40. The van der Waals surface area contributed by atoms with Crippen molar-refractivity contribution in [2.45, 2.75) is 44.1 Å². The van der Waals surface area contributed by atoms with Gasteiger partial charge in [-0.2, -0.15) is 11.8 Å². The van der Waals surface area contributed by atoms with E-state index in [0.717, 1.165) is 18.2 Å². The molecule has 1 aliphatic heterocycles. The maximum Gasteiger partial charge on any atom is 0.347 e. The predicted molar refractivity (Wildman–Crippen MR) is 81.9 cm³/mol. The van der Waals surface area contributed by atoms with Crippen LogP contribution in [0.4, 0.5) is 5.13 Å². The van der Waals surface area contributed by atoms with Crippen molar-refractivity contribution < 1.29 is 9.90 Å². The molecule has 19 heavy (non-hydrogen) atoms. The van der Waals surface area contributed by atoms with Gasteiger partial charge in [-0.15, -0.1) is 0 Å². The van der Waals surface area contributed by atoms with Crippen LogP contribution in [-0.4, -0.2) is 39.6 Å². The molecule has 1 fully saturated rings. The number of aromatic carboxylic acids is 1. The first-order valence-corrected chi connectivity index (χ1v) is 8.28. The van der Waals surface area contributed by atoms with Gasteiger partial charge in [-0.1, -0.05) is 39.0 Å². The first kappa shape index (κ1) is 14.7. The third-order valence-corrected chi connectivity index (χ3v) is 5.42. The quantitative estimate of drug-likeness (QED) is 0.928. The molecular formula is C13H20N2O2S2. The van der Waals surface area contributed by atoms with E-state index >= 15 is 0 Å². The summed E-state index contributed by atoms with van der Waals surface area (Å²) in [5.74, 6) is -0.718. The summed E-state index contributed by atoms with van der Waals surface area (Å²) in [5.41, 5.74) is 0.714. The molecule has 2 atom stereocenters. The third kappa shape index (κ3) is 3.23. The lowest BCUT2D eigenvalue weighted by atomic mass is 10.1. The molecular weight excluding hydrogens is 280 g/mol. The van der Waals surface area contributed by atoms with Gasteiger partial charge in [0, 0.05) is 23.6 Å². The molecule has 0 radical (unpaired) electrons. The van der Waals surface area contributed by atoms with Crippen LogP contribution in [0.5, 0.6) is 0 Å². The van der Waals surface area contributed by atoms with Gasteiger partial charge in [0.25, 0.3) is 0 Å². The van der Waals surface area contributed by atoms with Gasteiger partial charge in [-0.3, -0.25) is 0 Å². The van der Waals surface area contributed by atoms with Crippen molar-refractivity contribution in [2.24, 2.45) is 0 Å². The summed E-state index contributed by atoms with van der Waals surface area (Å²) in [6.45, 7) is 10.3. The number of nitrogens with zero attached hydrogens (tertiary/aromatic N) is 2. The Balaban J connectivity index is 2.30. The van der Waals surface area contributed by atoms with Gasteiger partial charge in [0.1, 0.15) is 4.88 Å². The molecule has 1 aromatic heterocycles. The number of carbonyl (C=O) groups is 1. The Morgan fingerprint density at radius 3 is 2.37 bits per heavy atom. The molecule has 2 rings (SSSR count). The molecule has 106 valence electrons. The second-order valence-corrected chi connectivity index (χ2v) is 8.19. The van der Waals surface area contributed by atoms with Crippen molar-refractivity contribution in [3.05, 3.63) is 10.6 Å². The van der Waals surface area contributed by atoms with Crippen LogP contribution in [-0.2, 0) is 0 Å². The van der Waals surface area contributed by atoms with E-state index in [9.17, 15) is 9.90 Å². The van der Waals surface area contributed by atoms with E-state index in [0.29, 0.717) is 21.1 Å². The van der Waals surface area contributed by atoms with Crippen molar-refractivity contribution in [1.82, 2.24) is 4.98 Å². The molecule has 0 aliphatic carbocycles. The number of hydrogen-bond acceptors (Lipinski definition) is 5. The smallest absolute Gasteiger partial charge is 0.347 e. The first-order valence-electron chi connectivity index (χ1n) is 6.53. The van der Waals surface area contributed by atoms with Crippen LogP contribution in [0.15, 0.2) is 0 Å². The zero-order chi connectivity index (χ0) is 14.2. The van der Waals surface area contributed by atoms with Gasteiger partial charge < -0.3 is 10.0 Å². The van der Waals surface area contributed by atoms with E-state index in [1.807, 2.05) is 25.6 Å². The molecule has 4 nitrogen and oxygen atoms in total. The second-order valence-electron chi connectivity index (χ2n) is 5.33. The fraction of sp³-hybridized carbons (Fsp3) is 0.692. The van der Waals surface area contributed by atoms with Crippen LogP contribution in [0, 0.1) is 0 Å². The lowest BCUT2D eigenvalue weighted by Crippen LogP contribution is -2.40. The standard InChI is InChI=1S/C13H20N2O2S2/c1-7(2)10-11(12(16)17)19-13(14-10)15-5-8(3)18-9(4)6-15/h7-9H,5-6H2,1-4H3,(H,16,17). The lowest BCUT2D eigenvalue weighted by Gasteiger charge is -2.34. The van der Waals surface area contributed by atoms with E-state index in [1.54, 1.807) is 0 Å². The summed E-state index contributed by atoms with van der Waals surface area (Å²) in [4.78, 5) is 18.5. The normalized spacial score (nSPS) is 23.9. The minimum atomic E-state index is -0.861. The van der Waals surface area contributed by atoms with Gasteiger partial charge in [-0.25, -0.2) is 9.78 Å². The van der Waals surface area contributed by atoms with Gasteiger partial charge in [0.05, 0.1) is 5.69 Å². The molecule has 1 aliphatic rings. The molecule has 1 saturated heterocycles. The average Bonchev–Trinajstić information content (AvgIpc) is 2.72. The van der Waals surface area contributed by atoms with Crippen LogP contribution in [0.3, 0.4) is 0 Å². The zero-order valence-electron chi connectivity index (χ0n) is 11.7. The average molecular weight is 300 g/mol. The van der Waals surface area contributed by atoms with Crippen molar-refractivity contribution in [2.75, 3.05) is 18.0 Å². The van der Waals surface area contributed by atoms with Crippen molar-refractivity contribution in [1.29, 1.82) is 0 Å². The fourth-order valence-corrected chi connectivity index (χ4v) is 4.74. The number of carboxylic acid groups (broad SMARTS) is 1. The predicted octanol–water partition coefficient (Wildman–Crippen LogP) is 3.29. The number of thiazole rings is 1. The third-order valence-electron chi connectivity index (χ3n) is 3.07. The minimum absolute atomic E-state index is 0.144. The number of rotatable bonds is 3. The van der Waals surface area contributed by atoms with E-state index in [1.165, 1.54) is 11.3 Å². The number of carboxylic acids is 1. The Morgan fingerprint density at radius 2 is 1.95 bits per heavy atom. The van der Waals surface area contributed by atoms with Gasteiger partial charge >= 0.3 is 5.97 Å². The van der Waals surface area contributed by atoms with Gasteiger partial charge in [-0.05, 0) is 5.92 Å². The minimum Gasteiger partial charge on any atom is -0.477 e. The molecule has 0 amide bonds. The molecule has 1 N–H and O–H groups in total. The molecule has 0 saturated carbocycles. The summed E-state index contributed by atoms with van der Waals surface area (Å²) in [7, 11) is 0. The Hall–Kier alpha value is -0.750. The SMILES string of the molecule is CC1CN(c2nc(C(C)C)c(C(=O)O)s2)CC(C)S1. The van der Waals surface area contributed by atoms with Crippen LogP contribution >= 0.6 is 23.1 Å². The van der Waals surface area contributed by atoms with E-state index in [-0.39, 0.29) is 5.92 Å². The van der Waals surface area contributed by atoms with Crippen LogP contribution in [0.2, 0.25) is 0 Å². The van der Waals surface area contributed by atoms with Crippen LogP contribution in [0.25, 0.3) is 0 Å². The molecule has 1 aromatic rings. The number of hydrogen-bond donors (Lipinski definition) is 1. The van der Waals surface area contributed by atoms with Crippen LogP contribution in [0.1, 0.15) is 49.0 Å². The van der Waals surface area contributed by atoms with Gasteiger partial charge in [0.2, 0.25) is 0 Å². The zero-order valence-corrected chi connectivity index (χ0v) is 13.3. The maximum absolute atomic E-state index is 11.3. The van der Waals surface area contributed by atoms with Gasteiger partial charge in [0.15, 0.2) is 5.13 Å². The summed E-state index contributed by atoms with van der Waals surface area (Å²) in [6, 6.07) is 0. The first-order chi connectivity index (χ1) is 8.88. The van der Waals surface area contributed by atoms with Crippen LogP contribution < -0.4 is 4.90 Å². The summed E-state index contributed by atoms with van der Waals surface area (Å²) in [6.07, 6.45) is 0. The molecule has 2 unspecified atom stereocenters. The second kappa shape index (κ2) is 5.71. The maximum atomic E-state index is 11.3. The highest BCUT2D eigenvalue weighted by atomic mass is 32.2. The fourth-order valence-electron chi connectivity index (χ4n) is 2.33. The monoisotopic (exact) mass is 300 g/mol. The Bertz CT molecular complexity index is 463. The Morgan fingerprint density at radius 1 is 1.37 bits per heavy atom. The highest BCUT2D eigenvalue weighted by molar-refractivity contribution is 8.00. The number of aromatic nitrogens is 1. The molecule has 6 heteroatoms. The highest BCUT2D eigenvalue weighted by Crippen LogP contribution is 2.34. The highest BCUT2D eigenvalue weighted by Gasteiger charge is 2.27. The summed E-state index contributed by atoms with van der Waals surface area (Å²) in [5, 5.41) is 11.3. The molecule has 0 bridgehead atoms. The van der Waals surface area contributed by atoms with Crippen molar-refractivity contribution in [3.8, 4) is 0 Å². The lowest BCUT2D eigenvalue weighted by molar-refractivity contribution is 0.0700. The molecule has 0 aromatic carbocycles. The molecule has 2 heterocycles. The molecule has 0 spiro atoms. The number of anilines is 1. The summed E-state index contributed by atoms with van der Waals surface area (Å²) < 4.78 is 0. The van der Waals surface area contributed by atoms with E-state index in [4.69, 9.17) is 0 Å². The topological polar surface area (TPSA) is 53.4 Å². The Labute approximate surface area is 122 Å².